The predicted molar refractivity (Wildman–Crippen MR) is 230 cm³/mol. The van der Waals surface area contributed by atoms with Gasteiger partial charge in [-0.3, -0.25) is 0 Å². The van der Waals surface area contributed by atoms with Crippen LogP contribution >= 0.6 is 0 Å². The van der Waals surface area contributed by atoms with Gasteiger partial charge >= 0.3 is 0 Å². The number of para-hydroxylation sites is 1. The van der Waals surface area contributed by atoms with Crippen LogP contribution in [0.3, 0.4) is 0 Å². The second-order valence-electron chi connectivity index (χ2n) is 15.0. The highest BCUT2D eigenvalue weighted by Crippen LogP contribution is 2.54. The topological polar surface area (TPSA) is 38.9 Å². The van der Waals surface area contributed by atoms with Crippen LogP contribution in [0.2, 0.25) is 0 Å². The summed E-state index contributed by atoms with van der Waals surface area (Å²) in [7, 11) is 0. The van der Waals surface area contributed by atoms with Crippen LogP contribution in [0.15, 0.2) is 169 Å². The molecule has 0 fully saturated rings. The number of hydrogen-bond donors (Lipinski definition) is 0. The second kappa shape index (κ2) is 12.6. The largest absolute Gasteiger partial charge is 0.456 e. The van der Waals surface area contributed by atoms with Crippen molar-refractivity contribution in [2.24, 2.45) is 0 Å². The summed E-state index contributed by atoms with van der Waals surface area (Å²) in [6.07, 6.45) is 6.12. The molecule has 55 heavy (non-hydrogen) atoms. The number of aryl methyl sites for hydroxylation is 1. The van der Waals surface area contributed by atoms with Crippen molar-refractivity contribution in [3.8, 4) is 56.2 Å². The molecule has 0 unspecified atom stereocenters. The average Bonchev–Trinajstić information content (AvgIpc) is 3.72. The Morgan fingerprint density at radius 2 is 1.24 bits per heavy atom. The van der Waals surface area contributed by atoms with Gasteiger partial charge in [0, 0.05) is 32.9 Å². The summed E-state index contributed by atoms with van der Waals surface area (Å²) in [5, 5.41) is 4.40. The van der Waals surface area contributed by atoms with Gasteiger partial charge in [0.1, 0.15) is 11.2 Å². The molecule has 10 rings (SSSR count). The van der Waals surface area contributed by atoms with E-state index in [1.165, 1.54) is 44.5 Å². The lowest BCUT2D eigenvalue weighted by Crippen LogP contribution is -2.17. The fourth-order valence-electron chi connectivity index (χ4n) is 8.89. The summed E-state index contributed by atoms with van der Waals surface area (Å²) in [6, 6.07) is 51.5. The zero-order chi connectivity index (χ0) is 37.3. The molecular formula is C52H38N2O. The predicted octanol–water partition coefficient (Wildman–Crippen LogP) is 14.0. The summed E-state index contributed by atoms with van der Waals surface area (Å²) in [5.74, 6) is 0.683. The van der Waals surface area contributed by atoms with E-state index in [-0.39, 0.29) is 5.41 Å². The average molecular weight is 707 g/mol. The molecule has 0 N–H and O–H groups in total. The summed E-state index contributed by atoms with van der Waals surface area (Å²) < 4.78 is 6.30. The van der Waals surface area contributed by atoms with Crippen LogP contribution in [0, 0.1) is 6.92 Å². The van der Waals surface area contributed by atoms with E-state index >= 15 is 0 Å². The standard InChI is InChI=1S/C52H38N2O/c1-5-6-18-34-32(2)27-28-42-48-38(22-14-24-43(48)52(3,4)50(34)42)37-29-30-39(36-20-11-10-19-35(36)37)51-53-44(33-16-8-7-9-17-33)31-45(54-51)40-23-15-26-47-49(40)41-21-12-13-25-46(41)55-47/h5-31H,1H2,2-4H3/b18-6-. The van der Waals surface area contributed by atoms with E-state index < -0.39 is 0 Å². The smallest absolute Gasteiger partial charge is 0.161 e. The summed E-state index contributed by atoms with van der Waals surface area (Å²) in [4.78, 5) is 10.7. The third-order valence-corrected chi connectivity index (χ3v) is 11.4. The maximum Gasteiger partial charge on any atom is 0.161 e. The minimum absolute atomic E-state index is 0.172. The molecule has 0 atom stereocenters. The van der Waals surface area contributed by atoms with Crippen LogP contribution in [0.25, 0.3) is 94.9 Å². The van der Waals surface area contributed by atoms with Gasteiger partial charge in [0.05, 0.1) is 11.4 Å². The number of allylic oxidation sites excluding steroid dienone is 2. The minimum Gasteiger partial charge on any atom is -0.456 e. The zero-order valence-corrected chi connectivity index (χ0v) is 31.1. The Morgan fingerprint density at radius 3 is 2.05 bits per heavy atom. The van der Waals surface area contributed by atoms with Gasteiger partial charge in [-0.05, 0) is 86.5 Å². The van der Waals surface area contributed by atoms with Crippen molar-refractivity contribution in [2.75, 3.05) is 0 Å². The molecule has 3 heteroatoms. The van der Waals surface area contributed by atoms with Crippen LogP contribution in [0.5, 0.6) is 0 Å². The van der Waals surface area contributed by atoms with Gasteiger partial charge in [-0.1, -0.05) is 160 Å². The van der Waals surface area contributed by atoms with Gasteiger partial charge in [0.25, 0.3) is 0 Å². The number of fused-ring (bicyclic) bond motifs is 7. The molecule has 0 amide bonds. The Kier molecular flexibility index (Phi) is 7.53. The Labute approximate surface area is 321 Å². The summed E-state index contributed by atoms with van der Waals surface area (Å²) >= 11 is 0. The molecule has 0 spiro atoms. The molecule has 2 aromatic heterocycles. The fourth-order valence-corrected chi connectivity index (χ4v) is 8.89. The molecule has 0 saturated heterocycles. The second-order valence-corrected chi connectivity index (χ2v) is 15.0. The van der Waals surface area contributed by atoms with E-state index in [2.05, 4.69) is 149 Å². The molecule has 0 aliphatic heterocycles. The molecule has 2 heterocycles. The lowest BCUT2D eigenvalue weighted by molar-refractivity contribution is 0.658. The summed E-state index contributed by atoms with van der Waals surface area (Å²) in [5.41, 5.74) is 16.6. The lowest BCUT2D eigenvalue weighted by Gasteiger charge is -2.24. The third-order valence-electron chi connectivity index (χ3n) is 11.4. The highest BCUT2D eigenvalue weighted by molar-refractivity contribution is 6.12. The van der Waals surface area contributed by atoms with Crippen molar-refractivity contribution >= 4 is 38.8 Å². The zero-order valence-electron chi connectivity index (χ0n) is 31.1. The first kappa shape index (κ1) is 32.8. The number of rotatable bonds is 6. The molecular weight excluding hydrogens is 669 g/mol. The molecule has 0 saturated carbocycles. The third kappa shape index (κ3) is 5.11. The molecule has 0 bridgehead atoms. The summed E-state index contributed by atoms with van der Waals surface area (Å²) in [6.45, 7) is 10.9. The normalized spacial score (nSPS) is 13.1. The maximum atomic E-state index is 6.30. The first-order valence-electron chi connectivity index (χ1n) is 18.9. The lowest BCUT2D eigenvalue weighted by atomic mass is 9.79. The molecule has 7 aromatic carbocycles. The highest BCUT2D eigenvalue weighted by Gasteiger charge is 2.39. The number of aromatic nitrogens is 2. The minimum atomic E-state index is -0.172. The van der Waals surface area contributed by atoms with Crippen molar-refractivity contribution in [1.82, 2.24) is 9.97 Å². The molecule has 3 nitrogen and oxygen atoms in total. The van der Waals surface area contributed by atoms with E-state index in [1.54, 1.807) is 0 Å². The molecule has 262 valence electrons. The van der Waals surface area contributed by atoms with E-state index in [1.807, 2.05) is 42.5 Å². The molecule has 0 radical (unpaired) electrons. The first-order chi connectivity index (χ1) is 26.9. The Morgan fingerprint density at radius 1 is 0.582 bits per heavy atom. The Balaban J connectivity index is 1.20. The SMILES string of the molecule is C=C/C=C\c1c(C)ccc2c1C(C)(C)c1cccc(-c3ccc(-c4nc(-c5ccccc5)cc(-c5cccc6oc7ccccc7c56)n4)c4ccccc34)c1-2. The monoisotopic (exact) mass is 706 g/mol. The van der Waals surface area contributed by atoms with E-state index in [4.69, 9.17) is 14.4 Å². The maximum absolute atomic E-state index is 6.30. The van der Waals surface area contributed by atoms with Crippen LogP contribution < -0.4 is 0 Å². The Bertz CT molecular complexity index is 3040. The van der Waals surface area contributed by atoms with Gasteiger partial charge in [-0.2, -0.15) is 0 Å². The van der Waals surface area contributed by atoms with E-state index in [9.17, 15) is 0 Å². The molecule has 1 aliphatic rings. The fraction of sp³-hybridized carbons (Fsp3) is 0.0769. The van der Waals surface area contributed by atoms with Gasteiger partial charge in [-0.25, -0.2) is 9.97 Å². The quantitative estimate of drug-likeness (QED) is 0.162. The van der Waals surface area contributed by atoms with E-state index in [0.29, 0.717) is 5.82 Å². The van der Waals surface area contributed by atoms with Crippen molar-refractivity contribution in [3.05, 3.63) is 187 Å². The number of nitrogens with zero attached hydrogens (tertiary/aromatic N) is 2. The Hall–Kier alpha value is -6.84. The highest BCUT2D eigenvalue weighted by atomic mass is 16.3. The van der Waals surface area contributed by atoms with Crippen LogP contribution in [-0.2, 0) is 5.41 Å². The first-order valence-corrected chi connectivity index (χ1v) is 18.9. The van der Waals surface area contributed by atoms with Gasteiger partial charge in [0.15, 0.2) is 5.82 Å². The van der Waals surface area contributed by atoms with Gasteiger partial charge in [0.2, 0.25) is 0 Å². The number of furan rings is 1. The number of benzene rings is 7. The molecule has 1 aliphatic carbocycles. The molecule has 9 aromatic rings. The van der Waals surface area contributed by atoms with Gasteiger partial charge in [-0.15, -0.1) is 0 Å². The van der Waals surface area contributed by atoms with Gasteiger partial charge < -0.3 is 4.42 Å². The van der Waals surface area contributed by atoms with Crippen LogP contribution in [0.1, 0.15) is 36.1 Å². The van der Waals surface area contributed by atoms with Crippen molar-refractivity contribution in [2.45, 2.75) is 26.2 Å². The van der Waals surface area contributed by atoms with Crippen molar-refractivity contribution in [1.29, 1.82) is 0 Å². The van der Waals surface area contributed by atoms with Crippen molar-refractivity contribution in [3.63, 3.8) is 0 Å². The number of hydrogen-bond acceptors (Lipinski definition) is 3. The van der Waals surface area contributed by atoms with E-state index in [0.717, 1.165) is 60.8 Å². The van der Waals surface area contributed by atoms with Crippen LogP contribution in [-0.4, -0.2) is 9.97 Å². The van der Waals surface area contributed by atoms with Crippen molar-refractivity contribution < 1.29 is 4.42 Å². The van der Waals surface area contributed by atoms with Crippen LogP contribution in [0.4, 0.5) is 0 Å².